The van der Waals surface area contributed by atoms with Crippen molar-refractivity contribution in [2.24, 2.45) is 0 Å². The molecule has 1 amide bonds. The fourth-order valence-electron chi connectivity index (χ4n) is 3.75. The molecule has 1 saturated heterocycles. The number of fused-ring (bicyclic) bond motifs is 1. The average Bonchev–Trinajstić information content (AvgIpc) is 3.41. The van der Waals surface area contributed by atoms with Crippen LogP contribution < -0.4 is 9.44 Å². The lowest BCUT2D eigenvalue weighted by Gasteiger charge is -2.14. The van der Waals surface area contributed by atoms with Gasteiger partial charge in [-0.25, -0.2) is 4.98 Å². The zero-order valence-corrected chi connectivity index (χ0v) is 20.2. The number of amides is 1. The minimum Gasteiger partial charge on any atom is -0.459 e. The van der Waals surface area contributed by atoms with Gasteiger partial charge in [-0.3, -0.25) is 9.52 Å². The van der Waals surface area contributed by atoms with Gasteiger partial charge in [0.15, 0.2) is 0 Å². The van der Waals surface area contributed by atoms with E-state index in [1.807, 2.05) is 32.0 Å². The molecule has 0 bridgehead atoms. The second-order valence-corrected chi connectivity index (χ2v) is 9.84. The van der Waals surface area contributed by atoms with E-state index >= 15 is 0 Å². The highest BCUT2D eigenvalue weighted by Crippen LogP contribution is 2.28. The monoisotopic (exact) mass is 484 g/mol. The molecule has 3 heterocycles. The van der Waals surface area contributed by atoms with Gasteiger partial charge in [0.1, 0.15) is 17.2 Å². The Bertz CT molecular complexity index is 1310. The second kappa shape index (κ2) is 9.96. The summed E-state index contributed by atoms with van der Waals surface area (Å²) in [6.07, 6.45) is 5.21. The third-order valence-electron chi connectivity index (χ3n) is 5.71. The van der Waals surface area contributed by atoms with Crippen LogP contribution in [0.3, 0.4) is 0 Å². The van der Waals surface area contributed by atoms with E-state index < -0.39 is 10.2 Å². The maximum atomic E-state index is 12.6. The van der Waals surface area contributed by atoms with Crippen molar-refractivity contribution in [2.75, 3.05) is 25.0 Å². The van der Waals surface area contributed by atoms with Gasteiger partial charge in [0.05, 0.1) is 13.2 Å². The Morgan fingerprint density at radius 1 is 1.26 bits per heavy atom. The zero-order chi connectivity index (χ0) is 24.3. The number of rotatable bonds is 8. The number of hydrogen-bond donors (Lipinski definition) is 2. The highest BCUT2D eigenvalue weighted by molar-refractivity contribution is 7.90. The largest absolute Gasteiger partial charge is 0.459 e. The van der Waals surface area contributed by atoms with Gasteiger partial charge in [-0.2, -0.15) is 13.1 Å². The highest BCUT2D eigenvalue weighted by atomic mass is 32.2. The molecule has 4 rings (SSSR count). The van der Waals surface area contributed by atoms with E-state index in [2.05, 4.69) is 14.4 Å². The van der Waals surface area contributed by atoms with Crippen molar-refractivity contribution in [3.63, 3.8) is 0 Å². The summed E-state index contributed by atoms with van der Waals surface area (Å²) in [6, 6.07) is 8.99. The minimum absolute atomic E-state index is 0.183. The summed E-state index contributed by atoms with van der Waals surface area (Å²) in [5.74, 6) is 0.747. The molecule has 2 aromatic heterocycles. The molecule has 180 valence electrons. The quantitative estimate of drug-likeness (QED) is 0.475. The number of benzene rings is 1. The lowest BCUT2D eigenvalue weighted by molar-refractivity contribution is -0.125. The summed E-state index contributed by atoms with van der Waals surface area (Å²) < 4.78 is 40.5. The van der Waals surface area contributed by atoms with Crippen LogP contribution in [0.4, 0.5) is 5.82 Å². The van der Waals surface area contributed by atoms with Crippen LogP contribution in [0.25, 0.3) is 17.0 Å². The van der Waals surface area contributed by atoms with Crippen LogP contribution in [-0.2, 0) is 26.3 Å². The second-order valence-electron chi connectivity index (χ2n) is 8.39. The first-order valence-electron chi connectivity index (χ1n) is 11.0. The van der Waals surface area contributed by atoms with Crippen LogP contribution in [0.15, 0.2) is 47.0 Å². The first-order chi connectivity index (χ1) is 16.2. The number of nitrogens with zero attached hydrogens (tertiary/aromatic N) is 2. The van der Waals surface area contributed by atoms with E-state index in [0.29, 0.717) is 31.7 Å². The van der Waals surface area contributed by atoms with Crippen molar-refractivity contribution in [3.05, 3.63) is 65.1 Å². The molecule has 9 nitrogen and oxygen atoms in total. The Hall–Kier alpha value is -3.21. The van der Waals surface area contributed by atoms with Crippen molar-refractivity contribution >= 4 is 39.0 Å². The molecule has 34 heavy (non-hydrogen) atoms. The third kappa shape index (κ3) is 5.64. The molecule has 0 aliphatic carbocycles. The molecule has 1 atom stereocenters. The summed E-state index contributed by atoms with van der Waals surface area (Å²) >= 11 is 0. The zero-order valence-electron chi connectivity index (χ0n) is 19.4. The standard InChI is InChI=1S/C24H28N4O5S/c1-16-5-4-6-20-17(2)21(33-24(16)20)14-28(3)23(29)10-8-18-7-9-22(25-13-18)27-34(30,31)26-19-11-12-32-15-19/h4-10,13,19,26H,11-12,14-15H2,1-3H3,(H,25,27)/b10-8+. The summed E-state index contributed by atoms with van der Waals surface area (Å²) in [4.78, 5) is 18.3. The number of pyridine rings is 1. The normalized spacial score (nSPS) is 16.4. The van der Waals surface area contributed by atoms with Gasteiger partial charge in [-0.05, 0) is 49.6 Å². The predicted molar refractivity (Wildman–Crippen MR) is 130 cm³/mol. The number of hydrogen-bond acceptors (Lipinski definition) is 6. The van der Waals surface area contributed by atoms with Gasteiger partial charge in [0.25, 0.3) is 0 Å². The average molecular weight is 485 g/mol. The molecule has 0 saturated carbocycles. The van der Waals surface area contributed by atoms with Gasteiger partial charge in [0.2, 0.25) is 5.91 Å². The number of para-hydroxylation sites is 1. The summed E-state index contributed by atoms with van der Waals surface area (Å²) in [5, 5.41) is 1.06. The van der Waals surface area contributed by atoms with E-state index in [9.17, 15) is 13.2 Å². The Labute approximate surface area is 199 Å². The molecule has 10 heteroatoms. The fraction of sp³-hybridized carbons (Fsp3) is 0.333. The van der Waals surface area contributed by atoms with Crippen molar-refractivity contribution < 1.29 is 22.4 Å². The molecule has 2 N–H and O–H groups in total. The van der Waals surface area contributed by atoms with Crippen LogP contribution in [0.5, 0.6) is 0 Å². The van der Waals surface area contributed by atoms with Gasteiger partial charge in [-0.15, -0.1) is 0 Å². The number of aryl methyl sites for hydroxylation is 2. The number of nitrogens with one attached hydrogen (secondary N) is 2. The minimum atomic E-state index is -3.74. The highest BCUT2D eigenvalue weighted by Gasteiger charge is 2.22. The Balaban J connectivity index is 1.35. The Morgan fingerprint density at radius 3 is 2.76 bits per heavy atom. The van der Waals surface area contributed by atoms with Gasteiger partial charge in [0, 0.05) is 42.9 Å². The van der Waals surface area contributed by atoms with E-state index in [-0.39, 0.29) is 17.8 Å². The topological polar surface area (TPSA) is 114 Å². The third-order valence-corrected chi connectivity index (χ3v) is 6.83. The Kier molecular flexibility index (Phi) is 7.01. The number of likely N-dealkylation sites (N-methyl/N-ethyl adjacent to an activating group) is 1. The number of carbonyl (C=O) groups is 1. The van der Waals surface area contributed by atoms with Crippen LogP contribution in [-0.4, -0.2) is 50.5 Å². The van der Waals surface area contributed by atoms with Crippen LogP contribution in [0.1, 0.15) is 28.9 Å². The molecule has 0 radical (unpaired) electrons. The Morgan fingerprint density at radius 2 is 2.09 bits per heavy atom. The predicted octanol–water partition coefficient (Wildman–Crippen LogP) is 3.15. The molecule has 1 aliphatic heterocycles. The first-order valence-corrected chi connectivity index (χ1v) is 12.4. The maximum absolute atomic E-state index is 12.6. The number of furan rings is 1. The van der Waals surface area contributed by atoms with Crippen LogP contribution >= 0.6 is 0 Å². The molecule has 1 unspecified atom stereocenters. The maximum Gasteiger partial charge on any atom is 0.300 e. The van der Waals surface area contributed by atoms with E-state index in [1.165, 1.54) is 12.3 Å². The first kappa shape index (κ1) is 23.9. The van der Waals surface area contributed by atoms with Crippen LogP contribution in [0.2, 0.25) is 0 Å². The van der Waals surface area contributed by atoms with Gasteiger partial charge < -0.3 is 14.1 Å². The van der Waals surface area contributed by atoms with E-state index in [0.717, 1.165) is 27.9 Å². The molecule has 0 spiro atoms. The van der Waals surface area contributed by atoms with Gasteiger partial charge >= 0.3 is 10.2 Å². The molecule has 1 aliphatic rings. The van der Waals surface area contributed by atoms with E-state index in [1.54, 1.807) is 30.2 Å². The SMILES string of the molecule is Cc1c(CN(C)C(=O)/C=C/c2ccc(NS(=O)(=O)NC3CCOC3)nc2)oc2c(C)cccc12. The lowest BCUT2D eigenvalue weighted by Crippen LogP contribution is -2.39. The molecular formula is C24H28N4O5S. The molecule has 1 fully saturated rings. The lowest BCUT2D eigenvalue weighted by atomic mass is 10.1. The van der Waals surface area contributed by atoms with Crippen molar-refractivity contribution in [1.29, 1.82) is 0 Å². The van der Waals surface area contributed by atoms with E-state index in [4.69, 9.17) is 9.15 Å². The van der Waals surface area contributed by atoms with Crippen molar-refractivity contribution in [2.45, 2.75) is 32.9 Å². The molecule has 3 aromatic rings. The van der Waals surface area contributed by atoms with Crippen LogP contribution in [0, 0.1) is 13.8 Å². The number of aromatic nitrogens is 1. The van der Waals surface area contributed by atoms with Crippen molar-refractivity contribution in [3.8, 4) is 0 Å². The van der Waals surface area contributed by atoms with Gasteiger partial charge in [-0.1, -0.05) is 18.2 Å². The molecular weight excluding hydrogens is 456 g/mol. The number of carbonyl (C=O) groups excluding carboxylic acids is 1. The smallest absolute Gasteiger partial charge is 0.300 e. The fourth-order valence-corrected chi connectivity index (χ4v) is 4.83. The summed E-state index contributed by atoms with van der Waals surface area (Å²) in [5.41, 5.74) is 3.60. The number of ether oxygens (including phenoxy) is 1. The number of anilines is 1. The summed E-state index contributed by atoms with van der Waals surface area (Å²) in [6.45, 7) is 5.24. The molecule has 1 aromatic carbocycles. The summed E-state index contributed by atoms with van der Waals surface area (Å²) in [7, 11) is -2.03. The van der Waals surface area contributed by atoms with Crippen molar-refractivity contribution in [1.82, 2.24) is 14.6 Å².